The van der Waals surface area contributed by atoms with Crippen molar-refractivity contribution in [2.24, 2.45) is 0 Å². The average Bonchev–Trinajstić information content (AvgIpc) is 2.84. The van der Waals surface area contributed by atoms with E-state index in [0.717, 1.165) is 16.6 Å². The minimum absolute atomic E-state index is 0.314. The molecule has 0 fully saturated rings. The number of rotatable bonds is 5. The number of benzene rings is 2. The molecule has 148 valence electrons. The van der Waals surface area contributed by atoms with Crippen LogP contribution in [0.3, 0.4) is 0 Å². The molecule has 28 heavy (non-hydrogen) atoms. The van der Waals surface area contributed by atoms with Crippen LogP contribution in [0.2, 0.25) is 0 Å². The van der Waals surface area contributed by atoms with Gasteiger partial charge in [0.25, 0.3) is 0 Å². The van der Waals surface area contributed by atoms with Crippen molar-refractivity contribution in [2.45, 2.75) is 33.2 Å². The summed E-state index contributed by atoms with van der Waals surface area (Å²) in [5.41, 5.74) is 2.93. The van der Waals surface area contributed by atoms with Crippen molar-refractivity contribution in [3.05, 3.63) is 53.7 Å². The van der Waals surface area contributed by atoms with E-state index in [1.807, 2.05) is 13.8 Å². The van der Waals surface area contributed by atoms with Gasteiger partial charge in [0, 0.05) is 28.9 Å². The van der Waals surface area contributed by atoms with Crippen molar-refractivity contribution in [2.75, 3.05) is 0 Å². The number of hydrogen-bond acceptors (Lipinski definition) is 3. The Labute approximate surface area is 158 Å². The summed E-state index contributed by atoms with van der Waals surface area (Å²) in [6, 6.07) is 10.9. The van der Waals surface area contributed by atoms with Crippen molar-refractivity contribution in [1.29, 1.82) is 0 Å². The fourth-order valence-corrected chi connectivity index (χ4v) is 3.04. The second-order valence-corrected chi connectivity index (χ2v) is 6.37. The maximum Gasteiger partial charge on any atom is 0.573 e. The molecule has 0 bridgehead atoms. The van der Waals surface area contributed by atoms with Crippen LogP contribution in [0.5, 0.6) is 11.5 Å². The Morgan fingerprint density at radius 2 is 1.82 bits per heavy atom. The van der Waals surface area contributed by atoms with E-state index in [4.69, 9.17) is 9.84 Å². The summed E-state index contributed by atoms with van der Waals surface area (Å²) >= 11 is 0. The average molecular weight is 393 g/mol. The van der Waals surface area contributed by atoms with Gasteiger partial charge in [0.1, 0.15) is 11.5 Å². The summed E-state index contributed by atoms with van der Waals surface area (Å²) in [7, 11) is 0. The van der Waals surface area contributed by atoms with Crippen LogP contribution in [0.4, 0.5) is 13.2 Å². The zero-order valence-electron chi connectivity index (χ0n) is 15.4. The molecule has 1 N–H and O–H groups in total. The quantitative estimate of drug-likeness (QED) is 0.663. The molecule has 0 saturated carbocycles. The molecule has 0 amide bonds. The number of aromatic nitrogens is 1. The highest BCUT2D eigenvalue weighted by molar-refractivity contribution is 5.88. The van der Waals surface area contributed by atoms with E-state index in [1.165, 1.54) is 19.1 Å². The van der Waals surface area contributed by atoms with Crippen LogP contribution in [-0.2, 0) is 4.79 Å². The van der Waals surface area contributed by atoms with Crippen LogP contribution < -0.4 is 9.47 Å². The molecule has 0 radical (unpaired) electrons. The largest absolute Gasteiger partial charge is 0.573 e. The second kappa shape index (κ2) is 7.10. The molecule has 1 atom stereocenters. The van der Waals surface area contributed by atoms with E-state index in [2.05, 4.69) is 4.74 Å². The molecule has 2 aromatic carbocycles. The molecule has 3 aromatic rings. The molecule has 8 heteroatoms. The fourth-order valence-electron chi connectivity index (χ4n) is 3.04. The highest BCUT2D eigenvalue weighted by Gasteiger charge is 2.31. The molecule has 3 rings (SSSR count). The van der Waals surface area contributed by atoms with Gasteiger partial charge in [0.05, 0.1) is 5.52 Å². The lowest BCUT2D eigenvalue weighted by molar-refractivity contribution is -0.274. The van der Waals surface area contributed by atoms with Crippen molar-refractivity contribution in [1.82, 2.24) is 4.57 Å². The SMILES string of the molecule is Cc1c(C)n(-c2cccc(O[C@H](C)C(=O)O)c2)c2cc(OC(F)(F)F)ccc12. The van der Waals surface area contributed by atoms with E-state index in [9.17, 15) is 18.0 Å². The number of aryl methyl sites for hydroxylation is 1. The number of carboxylic acids is 1. The van der Waals surface area contributed by atoms with Gasteiger partial charge >= 0.3 is 12.3 Å². The van der Waals surface area contributed by atoms with Gasteiger partial charge in [0.15, 0.2) is 6.10 Å². The first-order valence-corrected chi connectivity index (χ1v) is 8.44. The number of hydrogen-bond donors (Lipinski definition) is 1. The molecule has 0 aliphatic heterocycles. The number of ether oxygens (including phenoxy) is 2. The second-order valence-electron chi connectivity index (χ2n) is 6.37. The monoisotopic (exact) mass is 393 g/mol. The lowest BCUT2D eigenvalue weighted by Gasteiger charge is -2.14. The zero-order valence-corrected chi connectivity index (χ0v) is 15.4. The van der Waals surface area contributed by atoms with Gasteiger partial charge in [-0.05, 0) is 50.6 Å². The maximum atomic E-state index is 12.6. The topological polar surface area (TPSA) is 60.7 Å². The summed E-state index contributed by atoms with van der Waals surface area (Å²) < 4.78 is 49.0. The number of aliphatic carboxylic acids is 1. The Bertz CT molecular complexity index is 1040. The molecule has 5 nitrogen and oxygen atoms in total. The number of carboxylic acid groups (broad SMARTS) is 1. The summed E-state index contributed by atoms with van der Waals surface area (Å²) in [6.07, 6.45) is -5.82. The molecule has 0 aliphatic rings. The Morgan fingerprint density at radius 3 is 2.46 bits per heavy atom. The first-order chi connectivity index (χ1) is 13.1. The van der Waals surface area contributed by atoms with E-state index in [-0.39, 0.29) is 5.75 Å². The van der Waals surface area contributed by atoms with Crippen LogP contribution in [0.25, 0.3) is 16.6 Å². The van der Waals surface area contributed by atoms with E-state index < -0.39 is 18.4 Å². The Kier molecular flexibility index (Phi) is 4.97. The molecule has 1 heterocycles. The summed E-state index contributed by atoms with van der Waals surface area (Å²) in [6.45, 7) is 5.15. The van der Waals surface area contributed by atoms with Gasteiger partial charge in [-0.2, -0.15) is 0 Å². The Balaban J connectivity index is 2.10. The molecule has 0 saturated heterocycles. The van der Waals surface area contributed by atoms with Crippen LogP contribution in [0.15, 0.2) is 42.5 Å². The van der Waals surface area contributed by atoms with Crippen LogP contribution in [-0.4, -0.2) is 28.1 Å². The number of halogens is 3. The standard InChI is InChI=1S/C20H18F3NO4/c1-11-12(2)24(14-5-4-6-15(9-14)27-13(3)19(25)26)18-10-16(7-8-17(11)18)28-20(21,22)23/h4-10,13H,1-3H3,(H,25,26)/t13-/m1/s1. The van der Waals surface area contributed by atoms with Gasteiger partial charge < -0.3 is 19.1 Å². The number of alkyl halides is 3. The number of carbonyl (C=O) groups is 1. The third kappa shape index (κ3) is 3.90. The first-order valence-electron chi connectivity index (χ1n) is 8.44. The van der Waals surface area contributed by atoms with Gasteiger partial charge in [0.2, 0.25) is 0 Å². The predicted octanol–water partition coefficient (Wildman–Crippen LogP) is 5.00. The lowest BCUT2D eigenvalue weighted by Crippen LogP contribution is -2.22. The number of fused-ring (bicyclic) bond motifs is 1. The number of nitrogens with zero attached hydrogens (tertiary/aromatic N) is 1. The molecule has 1 aromatic heterocycles. The first kappa shape index (κ1) is 19.6. The third-order valence-electron chi connectivity index (χ3n) is 4.46. The fraction of sp³-hybridized carbons (Fsp3) is 0.250. The van der Waals surface area contributed by atoms with Crippen molar-refractivity contribution >= 4 is 16.9 Å². The summed E-state index contributed by atoms with van der Waals surface area (Å²) in [4.78, 5) is 11.0. The third-order valence-corrected chi connectivity index (χ3v) is 4.46. The lowest BCUT2D eigenvalue weighted by atomic mass is 10.1. The Hall–Kier alpha value is -3.16. The van der Waals surface area contributed by atoms with Gasteiger partial charge in [-0.3, -0.25) is 0 Å². The maximum absolute atomic E-state index is 12.6. The van der Waals surface area contributed by atoms with E-state index >= 15 is 0 Å². The molecular formula is C20H18F3NO4. The summed E-state index contributed by atoms with van der Waals surface area (Å²) in [5, 5.41) is 9.79. The molecular weight excluding hydrogens is 375 g/mol. The van der Waals surface area contributed by atoms with Crippen molar-refractivity contribution in [3.63, 3.8) is 0 Å². The Morgan fingerprint density at radius 1 is 1.11 bits per heavy atom. The highest BCUT2D eigenvalue weighted by atomic mass is 19.4. The predicted molar refractivity (Wildman–Crippen MR) is 97.2 cm³/mol. The minimum atomic E-state index is -4.78. The molecule has 0 unspecified atom stereocenters. The smallest absolute Gasteiger partial charge is 0.479 e. The van der Waals surface area contributed by atoms with E-state index in [1.54, 1.807) is 34.9 Å². The van der Waals surface area contributed by atoms with Crippen LogP contribution >= 0.6 is 0 Å². The van der Waals surface area contributed by atoms with Crippen LogP contribution in [0.1, 0.15) is 18.2 Å². The molecule has 0 spiro atoms. The summed E-state index contributed by atoms with van der Waals surface area (Å²) in [5.74, 6) is -1.07. The van der Waals surface area contributed by atoms with Gasteiger partial charge in [-0.15, -0.1) is 13.2 Å². The minimum Gasteiger partial charge on any atom is -0.479 e. The highest BCUT2D eigenvalue weighted by Crippen LogP contribution is 2.34. The van der Waals surface area contributed by atoms with Gasteiger partial charge in [-0.25, -0.2) is 4.79 Å². The van der Waals surface area contributed by atoms with E-state index in [0.29, 0.717) is 17.0 Å². The van der Waals surface area contributed by atoms with Gasteiger partial charge in [-0.1, -0.05) is 6.07 Å². The normalized spacial score (nSPS) is 12.8. The van der Waals surface area contributed by atoms with Crippen molar-refractivity contribution in [3.8, 4) is 17.2 Å². The van der Waals surface area contributed by atoms with Crippen molar-refractivity contribution < 1.29 is 32.5 Å². The molecule has 0 aliphatic carbocycles. The van der Waals surface area contributed by atoms with Crippen LogP contribution in [0, 0.1) is 13.8 Å². The zero-order chi connectivity index (χ0) is 20.6.